The summed E-state index contributed by atoms with van der Waals surface area (Å²) in [7, 11) is 5.40. The Morgan fingerprint density at radius 3 is 2.69 bits per heavy atom. The van der Waals surface area contributed by atoms with Crippen molar-refractivity contribution < 1.29 is 13.9 Å². The predicted octanol–water partition coefficient (Wildman–Crippen LogP) is 3.85. The van der Waals surface area contributed by atoms with Crippen LogP contribution in [0.25, 0.3) is 16.6 Å². The Morgan fingerprint density at radius 1 is 1.25 bits per heavy atom. The van der Waals surface area contributed by atoms with Gasteiger partial charge in [0.25, 0.3) is 5.91 Å². The highest BCUT2D eigenvalue weighted by Gasteiger charge is 2.25. The zero-order valence-corrected chi connectivity index (χ0v) is 21.4. The highest BCUT2D eigenvalue weighted by molar-refractivity contribution is 6.14. The van der Waals surface area contributed by atoms with Gasteiger partial charge < -0.3 is 24.3 Å². The molecule has 36 heavy (non-hydrogen) atoms. The van der Waals surface area contributed by atoms with E-state index in [9.17, 15) is 4.79 Å². The number of anilines is 2. The Hall–Kier alpha value is -3.66. The number of carbonyl (C=O) groups excluding carboxylic acids is 1. The van der Waals surface area contributed by atoms with Gasteiger partial charge >= 0.3 is 0 Å². The number of ether oxygens (including phenoxy) is 1. The van der Waals surface area contributed by atoms with E-state index in [0.29, 0.717) is 22.8 Å². The van der Waals surface area contributed by atoms with Gasteiger partial charge in [0.05, 0.1) is 18.4 Å². The van der Waals surface area contributed by atoms with Crippen molar-refractivity contribution in [3.05, 3.63) is 47.8 Å². The van der Waals surface area contributed by atoms with Crippen molar-refractivity contribution in [3.63, 3.8) is 0 Å². The zero-order chi connectivity index (χ0) is 25.6. The number of aromatic nitrogens is 4. The van der Waals surface area contributed by atoms with Crippen molar-refractivity contribution in [1.29, 1.82) is 0 Å². The molecule has 3 aromatic heterocycles. The second-order valence-electron chi connectivity index (χ2n) is 9.45. The number of pyridine rings is 1. The second kappa shape index (κ2) is 9.42. The van der Waals surface area contributed by atoms with Crippen molar-refractivity contribution >= 4 is 33.8 Å². The van der Waals surface area contributed by atoms with E-state index in [4.69, 9.17) is 4.74 Å². The number of imidazole rings is 1. The minimum atomic E-state index is -0.626. The van der Waals surface area contributed by atoms with Crippen molar-refractivity contribution in [2.24, 2.45) is 7.05 Å². The minimum absolute atomic E-state index is 0.0600. The average Bonchev–Trinajstić information content (AvgIpc) is 3.44. The molecule has 1 saturated heterocycles. The van der Waals surface area contributed by atoms with E-state index >= 15 is 4.39 Å². The van der Waals surface area contributed by atoms with Crippen molar-refractivity contribution in [2.45, 2.75) is 32.7 Å². The lowest BCUT2D eigenvalue weighted by molar-refractivity contribution is 0.102. The summed E-state index contributed by atoms with van der Waals surface area (Å²) in [4.78, 5) is 22.4. The fraction of sp³-hybridized carbons (Fsp3) is 0.423. The zero-order valence-electron chi connectivity index (χ0n) is 21.4. The molecule has 1 aromatic carbocycles. The highest BCUT2D eigenvalue weighted by atomic mass is 19.1. The van der Waals surface area contributed by atoms with Crippen molar-refractivity contribution in [1.82, 2.24) is 24.1 Å². The molecule has 0 saturated carbocycles. The van der Waals surface area contributed by atoms with E-state index in [1.807, 2.05) is 19.3 Å². The molecular formula is C26H32FN7O2. The van der Waals surface area contributed by atoms with Crippen LogP contribution in [0.15, 0.2) is 30.7 Å². The third kappa shape index (κ3) is 4.15. The second-order valence-corrected chi connectivity index (χ2v) is 9.45. The summed E-state index contributed by atoms with van der Waals surface area (Å²) in [6.07, 6.45) is 7.44. The van der Waals surface area contributed by atoms with Gasteiger partial charge in [-0.2, -0.15) is 9.49 Å². The van der Waals surface area contributed by atoms with Gasteiger partial charge in [-0.25, -0.2) is 4.98 Å². The Kier molecular flexibility index (Phi) is 6.29. The Bertz CT molecular complexity index is 1440. The summed E-state index contributed by atoms with van der Waals surface area (Å²) in [5, 5.41) is 8.35. The fourth-order valence-electron chi connectivity index (χ4n) is 5.14. The van der Waals surface area contributed by atoms with Gasteiger partial charge in [-0.3, -0.25) is 9.48 Å². The van der Waals surface area contributed by atoms with E-state index in [-0.39, 0.29) is 23.0 Å². The van der Waals surface area contributed by atoms with Crippen molar-refractivity contribution in [2.75, 3.05) is 44.0 Å². The number of methoxy groups -OCH3 is 1. The molecule has 1 amide bonds. The lowest BCUT2D eigenvalue weighted by Gasteiger charge is -2.37. The van der Waals surface area contributed by atoms with Crippen LogP contribution in [0.1, 0.15) is 35.8 Å². The monoisotopic (exact) mass is 493 g/mol. The fourth-order valence-corrected chi connectivity index (χ4v) is 5.14. The van der Waals surface area contributed by atoms with Crippen LogP contribution < -0.4 is 15.0 Å². The summed E-state index contributed by atoms with van der Waals surface area (Å²) >= 11 is 0. The SMILES string of the molecule is CCN(C)C1CCN(c2ccc(C(=O)Nc3cn4cc(C)nc4c(F)c3OC)c3nn(C)cc23)CC1. The number of nitrogens with zero attached hydrogens (tertiary/aromatic N) is 6. The van der Waals surface area contributed by atoms with Crippen LogP contribution >= 0.6 is 0 Å². The first-order valence-corrected chi connectivity index (χ1v) is 12.2. The van der Waals surface area contributed by atoms with Gasteiger partial charge in [0, 0.05) is 55.8 Å². The smallest absolute Gasteiger partial charge is 0.258 e. The molecule has 0 atom stereocenters. The van der Waals surface area contributed by atoms with Gasteiger partial charge in [-0.15, -0.1) is 0 Å². The number of aryl methyl sites for hydroxylation is 2. The molecule has 0 radical (unpaired) electrons. The first-order valence-electron chi connectivity index (χ1n) is 12.2. The van der Waals surface area contributed by atoms with Gasteiger partial charge in [-0.1, -0.05) is 6.92 Å². The summed E-state index contributed by atoms with van der Waals surface area (Å²) in [5.74, 6) is -1.07. The maximum atomic E-state index is 15.0. The largest absolute Gasteiger partial charge is 0.491 e. The first-order chi connectivity index (χ1) is 17.3. The number of halogens is 1. The van der Waals surface area contributed by atoms with Gasteiger partial charge in [0.1, 0.15) is 11.2 Å². The van der Waals surface area contributed by atoms with Crippen LogP contribution in [0, 0.1) is 12.7 Å². The molecule has 4 aromatic rings. The molecule has 1 aliphatic heterocycles. The van der Waals surface area contributed by atoms with Crippen LogP contribution in [-0.4, -0.2) is 69.8 Å². The molecule has 0 aliphatic carbocycles. The predicted molar refractivity (Wildman–Crippen MR) is 139 cm³/mol. The normalized spacial score (nSPS) is 14.8. The maximum Gasteiger partial charge on any atom is 0.258 e. The molecule has 0 unspecified atom stereocenters. The number of nitrogens with one attached hydrogen (secondary N) is 1. The number of benzene rings is 1. The number of hydrogen-bond donors (Lipinski definition) is 1. The van der Waals surface area contributed by atoms with Crippen LogP contribution in [0.4, 0.5) is 15.8 Å². The molecule has 0 spiro atoms. The summed E-state index contributed by atoms with van der Waals surface area (Å²) in [6, 6.07) is 4.38. The molecule has 1 fully saturated rings. The van der Waals surface area contributed by atoms with E-state index in [1.54, 1.807) is 34.5 Å². The number of fused-ring (bicyclic) bond motifs is 2. The number of amides is 1. The minimum Gasteiger partial charge on any atom is -0.491 e. The Morgan fingerprint density at radius 2 is 2.00 bits per heavy atom. The summed E-state index contributed by atoms with van der Waals surface area (Å²) in [5.41, 5.74) is 3.13. The topological polar surface area (TPSA) is 79.9 Å². The number of rotatable bonds is 6. The van der Waals surface area contributed by atoms with Gasteiger partial charge in [0.15, 0.2) is 11.4 Å². The third-order valence-electron chi connectivity index (χ3n) is 7.15. The quantitative estimate of drug-likeness (QED) is 0.440. The average molecular weight is 494 g/mol. The lowest BCUT2D eigenvalue weighted by Crippen LogP contribution is -2.43. The van der Waals surface area contributed by atoms with Gasteiger partial charge in [-0.05, 0) is 45.5 Å². The summed E-state index contributed by atoms with van der Waals surface area (Å²) in [6.45, 7) is 6.91. The summed E-state index contributed by atoms with van der Waals surface area (Å²) < 4.78 is 23.6. The standard InChI is InChI=1S/C26H32FN7O2/c1-6-31(3)17-9-11-33(12-10-17)21-8-7-18(23-19(21)14-32(4)30-23)26(35)29-20-15-34-13-16(2)28-25(34)22(27)24(20)36-5/h7-8,13-15,17H,6,9-12H2,1-5H3,(H,29,35). The van der Waals surface area contributed by atoms with Crippen LogP contribution in [-0.2, 0) is 7.05 Å². The van der Waals surface area contributed by atoms with E-state index in [2.05, 4.69) is 39.2 Å². The van der Waals surface area contributed by atoms with E-state index in [1.165, 1.54) is 7.11 Å². The number of hydrogen-bond acceptors (Lipinski definition) is 6. The molecule has 5 rings (SSSR count). The third-order valence-corrected chi connectivity index (χ3v) is 7.15. The first kappa shape index (κ1) is 24.1. The molecular weight excluding hydrogens is 461 g/mol. The molecule has 10 heteroatoms. The maximum absolute atomic E-state index is 15.0. The molecule has 4 heterocycles. The van der Waals surface area contributed by atoms with Crippen LogP contribution in [0.5, 0.6) is 5.75 Å². The molecule has 1 N–H and O–H groups in total. The van der Waals surface area contributed by atoms with E-state index < -0.39 is 5.82 Å². The number of piperidine rings is 1. The Labute approximate surface area is 209 Å². The lowest BCUT2D eigenvalue weighted by atomic mass is 10.0. The van der Waals surface area contributed by atoms with Crippen molar-refractivity contribution in [3.8, 4) is 5.75 Å². The van der Waals surface area contributed by atoms with Gasteiger partial charge in [0.2, 0.25) is 5.82 Å². The van der Waals surface area contributed by atoms with Crippen LogP contribution in [0.3, 0.4) is 0 Å². The highest BCUT2D eigenvalue weighted by Crippen LogP contribution is 2.34. The van der Waals surface area contributed by atoms with E-state index in [0.717, 1.165) is 43.5 Å². The number of carbonyl (C=O) groups is 1. The molecule has 0 bridgehead atoms. The Balaban J connectivity index is 1.46. The molecule has 9 nitrogen and oxygen atoms in total. The van der Waals surface area contributed by atoms with Crippen LogP contribution in [0.2, 0.25) is 0 Å². The molecule has 1 aliphatic rings. The molecule has 190 valence electrons.